The Morgan fingerprint density at radius 2 is 1.27 bits per heavy atom. The van der Waals surface area contributed by atoms with E-state index in [1.54, 1.807) is 6.20 Å². The average molecular weight is 341 g/mol. The third kappa shape index (κ3) is 2.29. The van der Waals surface area contributed by atoms with E-state index in [9.17, 15) is 9.59 Å². The maximum absolute atomic E-state index is 11.8. The number of benzene rings is 2. The zero-order valence-electron chi connectivity index (χ0n) is 13.9. The molecule has 126 valence electrons. The molecule has 2 N–H and O–H groups in total. The molecule has 0 atom stereocenters. The number of pyridine rings is 1. The summed E-state index contributed by atoms with van der Waals surface area (Å²) in [7, 11) is 0. The Hall–Kier alpha value is -3.47. The van der Waals surface area contributed by atoms with Crippen LogP contribution in [-0.4, -0.2) is 16.8 Å². The summed E-state index contributed by atoms with van der Waals surface area (Å²) in [6.07, 6.45) is 1.80. The molecule has 0 unspecified atom stereocenters. The van der Waals surface area contributed by atoms with E-state index in [1.807, 2.05) is 48.5 Å². The molecule has 3 heterocycles. The third-order valence-corrected chi connectivity index (χ3v) is 4.98. The topological polar surface area (TPSA) is 71.1 Å². The minimum absolute atomic E-state index is 0.0251. The summed E-state index contributed by atoms with van der Waals surface area (Å²) in [6, 6.07) is 15.7. The quantitative estimate of drug-likeness (QED) is 0.753. The Balaban J connectivity index is 1.48. The third-order valence-electron chi connectivity index (χ3n) is 4.98. The number of amides is 2. The first-order valence-electron chi connectivity index (χ1n) is 8.48. The summed E-state index contributed by atoms with van der Waals surface area (Å²) in [5.74, 6) is -0.0577. The molecule has 3 aromatic rings. The Morgan fingerprint density at radius 3 is 1.88 bits per heavy atom. The van der Waals surface area contributed by atoms with Gasteiger partial charge in [-0.1, -0.05) is 30.3 Å². The van der Waals surface area contributed by atoms with Gasteiger partial charge in [-0.15, -0.1) is 0 Å². The molecule has 0 bridgehead atoms. The normalized spacial score (nSPS) is 14.6. The standard InChI is InChI=1S/C21H15N3O2/c25-20-17-7-12(1-3-15(17)10-23-20)14-5-6-19(22-9-14)13-2-4-16-11-24-21(26)18(16)8-13/h1-9H,10-11H2,(H,23,25)(H,24,26). The molecule has 2 amide bonds. The van der Waals surface area contributed by atoms with Crippen molar-refractivity contribution < 1.29 is 9.59 Å². The second kappa shape index (κ2) is 5.52. The molecule has 2 aromatic carbocycles. The van der Waals surface area contributed by atoms with Gasteiger partial charge in [-0.05, 0) is 34.9 Å². The molecule has 0 spiro atoms. The van der Waals surface area contributed by atoms with Gasteiger partial charge in [0.2, 0.25) is 0 Å². The molecule has 2 aliphatic heterocycles. The van der Waals surface area contributed by atoms with E-state index in [4.69, 9.17) is 0 Å². The number of nitrogens with zero attached hydrogens (tertiary/aromatic N) is 1. The van der Waals surface area contributed by atoms with Gasteiger partial charge in [0.15, 0.2) is 0 Å². The predicted octanol–water partition coefficient (Wildman–Crippen LogP) is 2.90. The van der Waals surface area contributed by atoms with Crippen LogP contribution in [0.1, 0.15) is 31.8 Å². The molecule has 26 heavy (non-hydrogen) atoms. The van der Waals surface area contributed by atoms with E-state index in [1.165, 1.54) is 0 Å². The van der Waals surface area contributed by atoms with E-state index in [-0.39, 0.29) is 11.8 Å². The van der Waals surface area contributed by atoms with Crippen molar-refractivity contribution in [2.24, 2.45) is 0 Å². The Kier molecular flexibility index (Phi) is 3.15. The first-order chi connectivity index (χ1) is 12.7. The lowest BCUT2D eigenvalue weighted by molar-refractivity contribution is 0.0957. The van der Waals surface area contributed by atoms with Gasteiger partial charge in [-0.25, -0.2) is 0 Å². The van der Waals surface area contributed by atoms with Crippen LogP contribution in [0.5, 0.6) is 0 Å². The van der Waals surface area contributed by atoms with Crippen molar-refractivity contribution in [1.82, 2.24) is 15.6 Å². The Labute approximate surface area is 150 Å². The number of hydrogen-bond donors (Lipinski definition) is 2. The van der Waals surface area contributed by atoms with E-state index < -0.39 is 0 Å². The molecule has 2 aliphatic rings. The average Bonchev–Trinajstić information content (AvgIpc) is 3.24. The van der Waals surface area contributed by atoms with Crippen molar-refractivity contribution in [3.8, 4) is 22.4 Å². The fourth-order valence-electron chi connectivity index (χ4n) is 3.50. The highest BCUT2D eigenvalue weighted by molar-refractivity contribution is 6.00. The molecule has 1 aromatic heterocycles. The Bertz CT molecular complexity index is 985. The van der Waals surface area contributed by atoms with Crippen molar-refractivity contribution in [2.75, 3.05) is 0 Å². The van der Waals surface area contributed by atoms with Crippen molar-refractivity contribution in [3.05, 3.63) is 77.0 Å². The zero-order valence-corrected chi connectivity index (χ0v) is 13.9. The molecular weight excluding hydrogens is 326 g/mol. The first kappa shape index (κ1) is 14.8. The number of carbonyl (C=O) groups is 2. The zero-order chi connectivity index (χ0) is 17.7. The highest BCUT2D eigenvalue weighted by atomic mass is 16.2. The van der Waals surface area contributed by atoms with E-state index >= 15 is 0 Å². The molecule has 5 rings (SSSR count). The van der Waals surface area contributed by atoms with Crippen LogP contribution in [0.3, 0.4) is 0 Å². The Morgan fingerprint density at radius 1 is 0.692 bits per heavy atom. The molecular formula is C21H15N3O2. The number of carbonyl (C=O) groups excluding carboxylic acids is 2. The molecule has 0 fully saturated rings. The van der Waals surface area contributed by atoms with Crippen LogP contribution in [0.15, 0.2) is 54.7 Å². The van der Waals surface area contributed by atoms with Crippen molar-refractivity contribution in [3.63, 3.8) is 0 Å². The van der Waals surface area contributed by atoms with Gasteiger partial charge in [-0.2, -0.15) is 0 Å². The van der Waals surface area contributed by atoms with Gasteiger partial charge in [0, 0.05) is 41.5 Å². The van der Waals surface area contributed by atoms with Crippen LogP contribution in [0.25, 0.3) is 22.4 Å². The highest BCUT2D eigenvalue weighted by Crippen LogP contribution is 2.28. The van der Waals surface area contributed by atoms with Gasteiger partial charge in [0.25, 0.3) is 11.8 Å². The van der Waals surface area contributed by atoms with Gasteiger partial charge in [-0.3, -0.25) is 14.6 Å². The largest absolute Gasteiger partial charge is 0.348 e. The first-order valence-corrected chi connectivity index (χ1v) is 8.48. The number of aromatic nitrogens is 1. The van der Waals surface area contributed by atoms with E-state index in [0.29, 0.717) is 13.1 Å². The summed E-state index contributed by atoms with van der Waals surface area (Å²) >= 11 is 0. The van der Waals surface area contributed by atoms with Crippen LogP contribution < -0.4 is 10.6 Å². The molecule has 5 heteroatoms. The van der Waals surface area contributed by atoms with Crippen LogP contribution >= 0.6 is 0 Å². The van der Waals surface area contributed by atoms with E-state index in [0.717, 1.165) is 44.6 Å². The monoisotopic (exact) mass is 341 g/mol. The van der Waals surface area contributed by atoms with Crippen LogP contribution in [-0.2, 0) is 13.1 Å². The number of nitrogens with one attached hydrogen (secondary N) is 2. The predicted molar refractivity (Wildman–Crippen MR) is 97.4 cm³/mol. The minimum atomic E-state index is -0.0325. The second-order valence-corrected chi connectivity index (χ2v) is 6.54. The number of rotatable bonds is 2. The SMILES string of the molecule is O=C1NCc2ccc(-c3ccc(-c4ccc5c(c4)C(=O)NC5)nc3)cc21. The maximum Gasteiger partial charge on any atom is 0.251 e. The molecule has 0 saturated carbocycles. The fraction of sp³-hybridized carbons (Fsp3) is 0.0952. The lowest BCUT2D eigenvalue weighted by Crippen LogP contribution is -2.12. The molecule has 5 nitrogen and oxygen atoms in total. The number of hydrogen-bond acceptors (Lipinski definition) is 3. The molecule has 0 radical (unpaired) electrons. The fourth-order valence-corrected chi connectivity index (χ4v) is 3.50. The van der Waals surface area contributed by atoms with Crippen LogP contribution in [0.2, 0.25) is 0 Å². The van der Waals surface area contributed by atoms with E-state index in [2.05, 4.69) is 15.6 Å². The van der Waals surface area contributed by atoms with Crippen molar-refractivity contribution in [1.29, 1.82) is 0 Å². The van der Waals surface area contributed by atoms with Gasteiger partial charge in [0.1, 0.15) is 0 Å². The number of fused-ring (bicyclic) bond motifs is 2. The smallest absolute Gasteiger partial charge is 0.251 e. The summed E-state index contributed by atoms with van der Waals surface area (Å²) < 4.78 is 0. The van der Waals surface area contributed by atoms with Crippen LogP contribution in [0.4, 0.5) is 0 Å². The van der Waals surface area contributed by atoms with Gasteiger partial charge in [0.05, 0.1) is 5.69 Å². The second-order valence-electron chi connectivity index (χ2n) is 6.54. The van der Waals surface area contributed by atoms with Crippen LogP contribution in [0, 0.1) is 0 Å². The van der Waals surface area contributed by atoms with Gasteiger partial charge >= 0.3 is 0 Å². The highest BCUT2D eigenvalue weighted by Gasteiger charge is 2.20. The summed E-state index contributed by atoms with van der Waals surface area (Å²) in [4.78, 5) is 28.2. The summed E-state index contributed by atoms with van der Waals surface area (Å²) in [6.45, 7) is 1.18. The minimum Gasteiger partial charge on any atom is -0.348 e. The summed E-state index contributed by atoms with van der Waals surface area (Å²) in [5, 5.41) is 5.66. The lowest BCUT2D eigenvalue weighted by atomic mass is 10.00. The van der Waals surface area contributed by atoms with Gasteiger partial charge < -0.3 is 10.6 Å². The molecule has 0 aliphatic carbocycles. The lowest BCUT2D eigenvalue weighted by Gasteiger charge is -2.06. The maximum atomic E-state index is 11.8. The molecule has 0 saturated heterocycles. The van der Waals surface area contributed by atoms with Crippen molar-refractivity contribution in [2.45, 2.75) is 13.1 Å². The summed E-state index contributed by atoms with van der Waals surface area (Å²) in [5.41, 5.74) is 7.15. The van der Waals surface area contributed by atoms with Crippen molar-refractivity contribution >= 4 is 11.8 Å².